The zero-order valence-electron chi connectivity index (χ0n) is 10.3. The van der Waals surface area contributed by atoms with Crippen molar-refractivity contribution in [3.63, 3.8) is 0 Å². The molecule has 0 saturated heterocycles. The molecule has 0 bridgehead atoms. The molecule has 0 atom stereocenters. The minimum absolute atomic E-state index is 0.0929. The van der Waals surface area contributed by atoms with E-state index in [4.69, 9.17) is 0 Å². The van der Waals surface area contributed by atoms with Gasteiger partial charge in [0.1, 0.15) is 5.69 Å². The predicted octanol–water partition coefficient (Wildman–Crippen LogP) is 3.89. The molecule has 1 aromatic rings. The highest BCUT2D eigenvalue weighted by Crippen LogP contribution is 2.45. The zero-order valence-corrected chi connectivity index (χ0v) is 10.3. The van der Waals surface area contributed by atoms with E-state index in [1.54, 1.807) is 0 Å². The Morgan fingerprint density at radius 1 is 1.25 bits per heavy atom. The summed E-state index contributed by atoms with van der Waals surface area (Å²) in [6, 6.07) is 0. The maximum absolute atomic E-state index is 13.2. The number of rotatable bonds is 3. The van der Waals surface area contributed by atoms with E-state index in [1.165, 1.54) is 0 Å². The van der Waals surface area contributed by atoms with E-state index in [0.717, 1.165) is 17.8 Å². The largest absolute Gasteiger partial charge is 0.459 e. The smallest absolute Gasteiger partial charge is 0.272 e. The molecule has 2 nitrogen and oxygen atoms in total. The average Bonchev–Trinajstić information content (AvgIpc) is 2.55. The molecule has 0 aliphatic heterocycles. The lowest BCUT2D eigenvalue weighted by atomic mass is 9.81. The van der Waals surface area contributed by atoms with Gasteiger partial charge in [0, 0.05) is 25.6 Å². The van der Waals surface area contributed by atoms with Gasteiger partial charge in [-0.3, -0.25) is 4.68 Å². The van der Waals surface area contributed by atoms with Crippen molar-refractivity contribution >= 4 is 0 Å². The molecule has 1 saturated carbocycles. The first-order valence-corrected chi connectivity index (χ1v) is 5.79. The van der Waals surface area contributed by atoms with E-state index in [2.05, 4.69) is 5.10 Å². The summed E-state index contributed by atoms with van der Waals surface area (Å²) < 4.78 is 89.2. The number of hydrogen-bond acceptors (Lipinski definition) is 1. The fourth-order valence-electron chi connectivity index (χ4n) is 2.24. The SMILES string of the molecule is Cc1cn(CC2CC(F)(F)C2)nc1C(F)(F)C(F)(F)F. The van der Waals surface area contributed by atoms with E-state index in [9.17, 15) is 30.7 Å². The molecule has 20 heavy (non-hydrogen) atoms. The first-order valence-electron chi connectivity index (χ1n) is 5.79. The molecule has 0 unspecified atom stereocenters. The Hall–Kier alpha value is -1.28. The molecule has 2 rings (SSSR count). The van der Waals surface area contributed by atoms with Crippen molar-refractivity contribution in [1.29, 1.82) is 0 Å². The van der Waals surface area contributed by atoms with Gasteiger partial charge in [-0.1, -0.05) is 0 Å². The van der Waals surface area contributed by atoms with Crippen LogP contribution >= 0.6 is 0 Å². The fourth-order valence-corrected chi connectivity index (χ4v) is 2.24. The highest BCUT2D eigenvalue weighted by atomic mass is 19.4. The summed E-state index contributed by atoms with van der Waals surface area (Å²) >= 11 is 0. The van der Waals surface area contributed by atoms with Gasteiger partial charge in [0.2, 0.25) is 5.92 Å². The van der Waals surface area contributed by atoms with E-state index >= 15 is 0 Å². The number of alkyl halides is 7. The summed E-state index contributed by atoms with van der Waals surface area (Å²) in [6.45, 7) is 0.984. The average molecular weight is 304 g/mol. The van der Waals surface area contributed by atoms with Gasteiger partial charge in [-0.25, -0.2) is 8.78 Å². The molecule has 114 valence electrons. The topological polar surface area (TPSA) is 17.8 Å². The standard InChI is InChI=1S/C11H11F7N2/c1-6-4-20(5-7-2-9(12,13)3-7)19-8(6)10(14,15)11(16,17)18/h4,7H,2-3,5H2,1H3. The Labute approximate surface area is 109 Å². The molecular weight excluding hydrogens is 293 g/mol. The van der Waals surface area contributed by atoms with Crippen LogP contribution < -0.4 is 0 Å². The van der Waals surface area contributed by atoms with Crippen LogP contribution in [0.2, 0.25) is 0 Å². The van der Waals surface area contributed by atoms with Crippen molar-refractivity contribution in [2.75, 3.05) is 0 Å². The quantitative estimate of drug-likeness (QED) is 0.775. The molecule has 0 spiro atoms. The number of aryl methyl sites for hydroxylation is 1. The summed E-state index contributed by atoms with van der Waals surface area (Å²) in [4.78, 5) is 0. The van der Waals surface area contributed by atoms with Crippen molar-refractivity contribution in [2.24, 2.45) is 5.92 Å². The summed E-state index contributed by atoms with van der Waals surface area (Å²) in [5, 5.41) is 3.22. The second-order valence-electron chi connectivity index (χ2n) is 5.09. The maximum atomic E-state index is 13.2. The Bertz CT molecular complexity index is 495. The molecule has 0 aromatic carbocycles. The van der Waals surface area contributed by atoms with Crippen molar-refractivity contribution in [2.45, 2.75) is 44.3 Å². The fraction of sp³-hybridized carbons (Fsp3) is 0.727. The minimum Gasteiger partial charge on any atom is -0.272 e. The van der Waals surface area contributed by atoms with Gasteiger partial charge < -0.3 is 0 Å². The molecule has 9 heteroatoms. The first-order chi connectivity index (χ1) is 8.92. The molecule has 1 heterocycles. The third-order valence-electron chi connectivity index (χ3n) is 3.22. The third kappa shape index (κ3) is 2.62. The summed E-state index contributed by atoms with van der Waals surface area (Å²) in [5.74, 6) is -8.28. The molecule has 1 aliphatic carbocycles. The summed E-state index contributed by atoms with van der Waals surface area (Å²) in [7, 11) is 0. The Kier molecular flexibility index (Phi) is 3.29. The lowest BCUT2D eigenvalue weighted by Crippen LogP contribution is -2.38. The molecule has 1 aliphatic rings. The van der Waals surface area contributed by atoms with E-state index in [-0.39, 0.29) is 12.1 Å². The molecular formula is C11H11F7N2. The van der Waals surface area contributed by atoms with E-state index in [1.807, 2.05) is 0 Å². The maximum Gasteiger partial charge on any atom is 0.459 e. The summed E-state index contributed by atoms with van der Waals surface area (Å²) in [5.41, 5.74) is -1.70. The van der Waals surface area contributed by atoms with Crippen molar-refractivity contribution in [3.8, 4) is 0 Å². The third-order valence-corrected chi connectivity index (χ3v) is 3.22. The van der Waals surface area contributed by atoms with Crippen LogP contribution in [-0.2, 0) is 12.5 Å². The van der Waals surface area contributed by atoms with Gasteiger partial charge in [0.15, 0.2) is 0 Å². The number of halogens is 7. The van der Waals surface area contributed by atoms with Crippen LogP contribution in [0.5, 0.6) is 0 Å². The highest BCUT2D eigenvalue weighted by Gasteiger charge is 2.61. The normalized spacial score (nSPS) is 20.0. The van der Waals surface area contributed by atoms with Gasteiger partial charge in [0.05, 0.1) is 0 Å². The number of hydrogen-bond donors (Lipinski definition) is 0. The highest BCUT2D eigenvalue weighted by molar-refractivity contribution is 5.21. The van der Waals surface area contributed by atoms with Crippen molar-refractivity contribution < 1.29 is 30.7 Å². The lowest BCUT2D eigenvalue weighted by Gasteiger charge is -2.34. The van der Waals surface area contributed by atoms with Crippen LogP contribution in [0.1, 0.15) is 24.1 Å². The van der Waals surface area contributed by atoms with E-state index < -0.39 is 42.5 Å². The van der Waals surface area contributed by atoms with Gasteiger partial charge in [-0.2, -0.15) is 27.1 Å². The predicted molar refractivity (Wildman–Crippen MR) is 54.6 cm³/mol. The van der Waals surface area contributed by atoms with Crippen molar-refractivity contribution in [1.82, 2.24) is 9.78 Å². The lowest BCUT2D eigenvalue weighted by molar-refractivity contribution is -0.291. The molecule has 0 radical (unpaired) electrons. The van der Waals surface area contributed by atoms with Gasteiger partial charge >= 0.3 is 12.1 Å². The van der Waals surface area contributed by atoms with Crippen LogP contribution in [0, 0.1) is 12.8 Å². The van der Waals surface area contributed by atoms with E-state index in [0.29, 0.717) is 0 Å². The van der Waals surface area contributed by atoms with Crippen LogP contribution in [0.15, 0.2) is 6.20 Å². The molecule has 0 N–H and O–H groups in total. The Morgan fingerprint density at radius 2 is 1.80 bits per heavy atom. The van der Waals surface area contributed by atoms with Crippen LogP contribution in [0.3, 0.4) is 0 Å². The van der Waals surface area contributed by atoms with Gasteiger partial charge in [-0.15, -0.1) is 0 Å². The van der Waals surface area contributed by atoms with Gasteiger partial charge in [-0.05, 0) is 18.4 Å². The Morgan fingerprint density at radius 3 is 2.25 bits per heavy atom. The molecule has 1 fully saturated rings. The van der Waals surface area contributed by atoms with Crippen LogP contribution in [0.4, 0.5) is 30.7 Å². The van der Waals surface area contributed by atoms with Crippen LogP contribution in [0.25, 0.3) is 0 Å². The minimum atomic E-state index is -5.74. The van der Waals surface area contributed by atoms with Crippen LogP contribution in [-0.4, -0.2) is 21.9 Å². The molecule has 0 amide bonds. The Balaban J connectivity index is 2.14. The number of nitrogens with zero attached hydrogens (tertiary/aromatic N) is 2. The van der Waals surface area contributed by atoms with Gasteiger partial charge in [0.25, 0.3) is 0 Å². The number of aromatic nitrogens is 2. The summed E-state index contributed by atoms with van der Waals surface area (Å²) in [6.07, 6.45) is -5.53. The molecule has 1 aromatic heterocycles. The zero-order chi connectivity index (χ0) is 15.3. The second-order valence-corrected chi connectivity index (χ2v) is 5.09. The monoisotopic (exact) mass is 304 g/mol. The first kappa shape index (κ1) is 15.1. The second kappa shape index (κ2) is 4.36. The van der Waals surface area contributed by atoms with Crippen molar-refractivity contribution in [3.05, 3.63) is 17.5 Å².